The van der Waals surface area contributed by atoms with Gasteiger partial charge in [0.05, 0.1) is 4.92 Å². The van der Waals surface area contributed by atoms with Crippen molar-refractivity contribution in [2.24, 2.45) is 0 Å². The first-order chi connectivity index (χ1) is 12.5. The van der Waals surface area contributed by atoms with Crippen LogP contribution < -0.4 is 5.32 Å². The third kappa shape index (κ3) is 4.51. The number of hydrogen-bond donors (Lipinski definition) is 1. The summed E-state index contributed by atoms with van der Waals surface area (Å²) in [6.45, 7) is 0. The zero-order chi connectivity index (χ0) is 18.5. The second kappa shape index (κ2) is 7.87. The maximum absolute atomic E-state index is 12.0. The maximum Gasteiger partial charge on any atom is 0.271 e. The number of non-ortho nitro benzene ring substituents is 1. The summed E-state index contributed by atoms with van der Waals surface area (Å²) in [5.41, 5.74) is 1.09. The lowest BCUT2D eigenvalue weighted by Crippen LogP contribution is -2.12. The lowest BCUT2D eigenvalue weighted by molar-refractivity contribution is -0.384. The molecule has 0 bridgehead atoms. The summed E-state index contributed by atoms with van der Waals surface area (Å²) in [7, 11) is 0. The fourth-order valence-corrected chi connectivity index (χ4v) is 2.48. The monoisotopic (exact) mass is 416 g/mol. The molecule has 0 fully saturated rings. The topological polar surface area (TPSA) is 111 Å². The highest BCUT2D eigenvalue weighted by Crippen LogP contribution is 2.20. The van der Waals surface area contributed by atoms with Crippen molar-refractivity contribution in [3.63, 3.8) is 0 Å². The van der Waals surface area contributed by atoms with Crippen LogP contribution in [-0.4, -0.2) is 21.0 Å². The van der Waals surface area contributed by atoms with E-state index in [0.717, 1.165) is 10.0 Å². The first-order valence-electron chi connectivity index (χ1n) is 7.64. The van der Waals surface area contributed by atoms with Gasteiger partial charge in [0.15, 0.2) is 0 Å². The quantitative estimate of drug-likeness (QED) is 0.480. The lowest BCUT2D eigenvalue weighted by Gasteiger charge is -2.03. The molecule has 3 aromatic rings. The van der Waals surface area contributed by atoms with E-state index in [4.69, 9.17) is 4.52 Å². The lowest BCUT2D eigenvalue weighted by atomic mass is 10.2. The van der Waals surface area contributed by atoms with Crippen LogP contribution in [0, 0.1) is 10.1 Å². The molecule has 1 amide bonds. The molecule has 26 heavy (non-hydrogen) atoms. The Bertz CT molecular complexity index is 940. The second-order valence-corrected chi connectivity index (χ2v) is 6.29. The van der Waals surface area contributed by atoms with Crippen LogP contribution in [0.3, 0.4) is 0 Å². The smallest absolute Gasteiger partial charge is 0.271 e. The van der Waals surface area contributed by atoms with Crippen molar-refractivity contribution in [1.29, 1.82) is 0 Å². The molecule has 0 atom stereocenters. The number of nitro benzene ring substituents is 1. The fourth-order valence-electron chi connectivity index (χ4n) is 2.21. The molecule has 132 valence electrons. The van der Waals surface area contributed by atoms with Crippen LogP contribution in [-0.2, 0) is 11.2 Å². The molecule has 3 rings (SSSR count). The summed E-state index contributed by atoms with van der Waals surface area (Å²) in [5, 5.41) is 17.3. The predicted octanol–water partition coefficient (Wildman–Crippen LogP) is 3.98. The van der Waals surface area contributed by atoms with E-state index in [1.165, 1.54) is 18.2 Å². The Kier molecular flexibility index (Phi) is 5.37. The standard InChI is InChI=1S/C17H13BrN4O4/c18-12-6-4-11(5-7-12)17-20-16(26-21-17)9-8-15(23)19-13-2-1-3-14(10-13)22(24)25/h1-7,10H,8-9H2,(H,19,23). The van der Waals surface area contributed by atoms with Crippen molar-refractivity contribution in [2.75, 3.05) is 5.32 Å². The average molecular weight is 417 g/mol. The van der Waals surface area contributed by atoms with Gasteiger partial charge in [-0.25, -0.2) is 0 Å². The van der Waals surface area contributed by atoms with Gasteiger partial charge in [-0.05, 0) is 30.3 Å². The van der Waals surface area contributed by atoms with Crippen molar-refractivity contribution < 1.29 is 14.2 Å². The number of nitrogens with one attached hydrogen (secondary N) is 1. The van der Waals surface area contributed by atoms with Crippen LogP contribution in [0.2, 0.25) is 0 Å². The number of nitro groups is 1. The number of benzene rings is 2. The van der Waals surface area contributed by atoms with E-state index in [9.17, 15) is 14.9 Å². The van der Waals surface area contributed by atoms with Crippen LogP contribution in [0.25, 0.3) is 11.4 Å². The number of carbonyl (C=O) groups excluding carboxylic acids is 1. The molecule has 1 aromatic heterocycles. The van der Waals surface area contributed by atoms with E-state index >= 15 is 0 Å². The Morgan fingerprint density at radius 3 is 2.73 bits per heavy atom. The molecule has 9 heteroatoms. The molecule has 0 aliphatic carbocycles. The van der Waals surface area contributed by atoms with Gasteiger partial charge in [0.2, 0.25) is 17.6 Å². The zero-order valence-corrected chi connectivity index (χ0v) is 15.0. The molecule has 1 N–H and O–H groups in total. The summed E-state index contributed by atoms with van der Waals surface area (Å²) in [5.74, 6) is 0.498. The Morgan fingerprint density at radius 1 is 1.23 bits per heavy atom. The van der Waals surface area contributed by atoms with Crippen molar-refractivity contribution >= 4 is 33.2 Å². The van der Waals surface area contributed by atoms with E-state index in [-0.39, 0.29) is 24.4 Å². The van der Waals surface area contributed by atoms with E-state index in [1.807, 2.05) is 24.3 Å². The van der Waals surface area contributed by atoms with Gasteiger partial charge in [0.1, 0.15) is 0 Å². The average Bonchev–Trinajstić information content (AvgIpc) is 3.10. The highest BCUT2D eigenvalue weighted by Gasteiger charge is 2.12. The van der Waals surface area contributed by atoms with E-state index < -0.39 is 4.92 Å². The number of rotatable bonds is 6. The van der Waals surface area contributed by atoms with Gasteiger partial charge >= 0.3 is 0 Å². The first-order valence-corrected chi connectivity index (χ1v) is 8.43. The fraction of sp³-hybridized carbons (Fsp3) is 0.118. The number of halogens is 1. The highest BCUT2D eigenvalue weighted by molar-refractivity contribution is 9.10. The van der Waals surface area contributed by atoms with Crippen molar-refractivity contribution in [1.82, 2.24) is 10.1 Å². The van der Waals surface area contributed by atoms with E-state index in [2.05, 4.69) is 31.4 Å². The number of aryl methyl sites for hydroxylation is 1. The van der Waals surface area contributed by atoms with Crippen molar-refractivity contribution in [3.05, 3.63) is 69.0 Å². The molecule has 0 aliphatic heterocycles. The summed E-state index contributed by atoms with van der Waals surface area (Å²) >= 11 is 3.36. The summed E-state index contributed by atoms with van der Waals surface area (Å²) in [6.07, 6.45) is 0.384. The second-order valence-electron chi connectivity index (χ2n) is 5.37. The van der Waals surface area contributed by atoms with Crippen LogP contribution in [0.15, 0.2) is 57.5 Å². The Hall–Kier alpha value is -3.07. The number of carbonyl (C=O) groups is 1. The maximum atomic E-state index is 12.0. The van der Waals surface area contributed by atoms with Crippen molar-refractivity contribution in [2.45, 2.75) is 12.8 Å². The Morgan fingerprint density at radius 2 is 2.00 bits per heavy atom. The number of amides is 1. The van der Waals surface area contributed by atoms with Gasteiger partial charge in [-0.1, -0.05) is 27.2 Å². The van der Waals surface area contributed by atoms with Gasteiger partial charge in [0.25, 0.3) is 5.69 Å². The van der Waals surface area contributed by atoms with Crippen LogP contribution in [0.5, 0.6) is 0 Å². The Labute approximate surface area is 156 Å². The minimum atomic E-state index is -0.516. The largest absolute Gasteiger partial charge is 0.339 e. The van der Waals surface area contributed by atoms with Crippen molar-refractivity contribution in [3.8, 4) is 11.4 Å². The molecule has 0 saturated heterocycles. The Balaban J connectivity index is 1.57. The van der Waals surface area contributed by atoms with Crippen LogP contribution in [0.4, 0.5) is 11.4 Å². The summed E-state index contributed by atoms with van der Waals surface area (Å²) in [6, 6.07) is 13.2. The molecule has 0 aliphatic rings. The van der Waals surface area contributed by atoms with Gasteiger partial charge in [-0.3, -0.25) is 14.9 Å². The van der Waals surface area contributed by atoms with Gasteiger partial charge in [-0.15, -0.1) is 0 Å². The molecule has 8 nitrogen and oxygen atoms in total. The molecule has 1 heterocycles. The summed E-state index contributed by atoms with van der Waals surface area (Å²) < 4.78 is 6.11. The molecule has 2 aromatic carbocycles. The highest BCUT2D eigenvalue weighted by atomic mass is 79.9. The molecule has 0 saturated carbocycles. The third-order valence-electron chi connectivity index (χ3n) is 3.48. The molecule has 0 unspecified atom stereocenters. The molecular weight excluding hydrogens is 404 g/mol. The van der Waals surface area contributed by atoms with Gasteiger partial charge in [-0.2, -0.15) is 4.98 Å². The number of anilines is 1. The SMILES string of the molecule is O=C(CCc1nc(-c2ccc(Br)cc2)no1)Nc1cccc([N+](=O)[O-])c1. The normalized spacial score (nSPS) is 10.5. The number of aromatic nitrogens is 2. The van der Waals surface area contributed by atoms with E-state index in [0.29, 0.717) is 17.4 Å². The summed E-state index contributed by atoms with van der Waals surface area (Å²) in [4.78, 5) is 26.5. The zero-order valence-electron chi connectivity index (χ0n) is 13.4. The predicted molar refractivity (Wildman–Crippen MR) is 97.5 cm³/mol. The minimum absolute atomic E-state index is 0.0844. The number of nitrogens with zero attached hydrogens (tertiary/aromatic N) is 3. The number of hydrogen-bond acceptors (Lipinski definition) is 6. The van der Waals surface area contributed by atoms with Gasteiger partial charge < -0.3 is 9.84 Å². The molecular formula is C17H13BrN4O4. The minimum Gasteiger partial charge on any atom is -0.339 e. The van der Waals surface area contributed by atoms with Crippen LogP contribution >= 0.6 is 15.9 Å². The van der Waals surface area contributed by atoms with Crippen LogP contribution in [0.1, 0.15) is 12.3 Å². The molecule has 0 spiro atoms. The first kappa shape index (κ1) is 17.7. The third-order valence-corrected chi connectivity index (χ3v) is 4.01. The van der Waals surface area contributed by atoms with Gasteiger partial charge in [0, 0.05) is 40.7 Å². The molecule has 0 radical (unpaired) electrons. The van der Waals surface area contributed by atoms with E-state index in [1.54, 1.807) is 6.07 Å².